The largest absolute Gasteiger partial charge is 0.338 e. The Labute approximate surface area is 102 Å². The molecule has 2 saturated heterocycles. The maximum absolute atomic E-state index is 5.28. The maximum atomic E-state index is 5.28. The van der Waals surface area contributed by atoms with E-state index in [1.165, 1.54) is 26.2 Å². The Morgan fingerprint density at radius 3 is 2.82 bits per heavy atom. The molecule has 3 heterocycles. The number of hydrogen-bond acceptors (Lipinski definition) is 5. The maximum Gasteiger partial charge on any atom is 0.240 e. The van der Waals surface area contributed by atoms with Crippen LogP contribution in [-0.4, -0.2) is 41.2 Å². The highest BCUT2D eigenvalue weighted by Crippen LogP contribution is 2.27. The summed E-state index contributed by atoms with van der Waals surface area (Å²) in [6, 6.07) is 0. The number of nitrogens with one attached hydrogen (secondary N) is 1. The molecular formula is C12H20N4O. The summed E-state index contributed by atoms with van der Waals surface area (Å²) >= 11 is 0. The van der Waals surface area contributed by atoms with Crippen molar-refractivity contribution in [2.75, 3.05) is 26.2 Å². The molecule has 5 nitrogen and oxygen atoms in total. The van der Waals surface area contributed by atoms with Crippen LogP contribution in [0.3, 0.4) is 0 Å². The minimum absolute atomic E-state index is 0.779. The third-order valence-corrected chi connectivity index (χ3v) is 3.81. The molecule has 2 aliphatic heterocycles. The molecule has 2 atom stereocenters. The van der Waals surface area contributed by atoms with Crippen LogP contribution in [0.4, 0.5) is 0 Å². The molecule has 2 aliphatic rings. The minimum atomic E-state index is 0.779. The van der Waals surface area contributed by atoms with E-state index in [0.717, 1.165) is 42.9 Å². The number of fused-ring (bicyclic) bond motifs is 1. The van der Waals surface area contributed by atoms with E-state index < -0.39 is 0 Å². The SMILES string of the molecule is CCCc1noc(CN2C[C@H]3CNC[C@H]3C2)n1. The van der Waals surface area contributed by atoms with E-state index in [1.54, 1.807) is 0 Å². The summed E-state index contributed by atoms with van der Waals surface area (Å²) in [5.74, 6) is 3.28. The fourth-order valence-electron chi connectivity index (χ4n) is 2.95. The van der Waals surface area contributed by atoms with Crippen molar-refractivity contribution >= 4 is 0 Å². The predicted octanol–water partition coefficient (Wildman–Crippen LogP) is 0.673. The van der Waals surface area contributed by atoms with E-state index in [0.29, 0.717) is 0 Å². The van der Waals surface area contributed by atoms with Crippen molar-refractivity contribution in [2.24, 2.45) is 11.8 Å². The molecule has 17 heavy (non-hydrogen) atoms. The average molecular weight is 236 g/mol. The summed E-state index contributed by atoms with van der Waals surface area (Å²) in [6.45, 7) is 7.64. The number of aryl methyl sites for hydroxylation is 1. The molecule has 2 fully saturated rings. The van der Waals surface area contributed by atoms with Gasteiger partial charge in [0.2, 0.25) is 5.89 Å². The van der Waals surface area contributed by atoms with Gasteiger partial charge in [0.15, 0.2) is 5.82 Å². The van der Waals surface area contributed by atoms with Crippen LogP contribution in [0.15, 0.2) is 4.52 Å². The summed E-state index contributed by atoms with van der Waals surface area (Å²) in [5.41, 5.74) is 0. The molecule has 0 aromatic carbocycles. The predicted molar refractivity (Wildman–Crippen MR) is 63.4 cm³/mol. The molecule has 3 rings (SSSR count). The third kappa shape index (κ3) is 2.35. The zero-order valence-corrected chi connectivity index (χ0v) is 10.4. The van der Waals surface area contributed by atoms with Gasteiger partial charge in [-0.15, -0.1) is 0 Å². The second-order valence-electron chi connectivity index (χ2n) is 5.23. The molecule has 0 unspecified atom stereocenters. The summed E-state index contributed by atoms with van der Waals surface area (Å²) in [6.07, 6.45) is 1.98. The highest BCUT2D eigenvalue weighted by Gasteiger charge is 2.36. The molecule has 1 N–H and O–H groups in total. The molecular weight excluding hydrogens is 216 g/mol. The van der Waals surface area contributed by atoms with Crippen molar-refractivity contribution in [2.45, 2.75) is 26.3 Å². The van der Waals surface area contributed by atoms with Crippen LogP contribution in [0.1, 0.15) is 25.1 Å². The first-order valence-electron chi connectivity index (χ1n) is 6.59. The highest BCUT2D eigenvalue weighted by atomic mass is 16.5. The topological polar surface area (TPSA) is 54.2 Å². The molecule has 0 spiro atoms. The van der Waals surface area contributed by atoms with Gasteiger partial charge in [-0.05, 0) is 31.3 Å². The molecule has 1 aromatic heterocycles. The highest BCUT2D eigenvalue weighted by molar-refractivity contribution is 4.93. The van der Waals surface area contributed by atoms with Crippen molar-refractivity contribution in [3.63, 3.8) is 0 Å². The molecule has 0 amide bonds. The minimum Gasteiger partial charge on any atom is -0.338 e. The van der Waals surface area contributed by atoms with Crippen LogP contribution < -0.4 is 5.32 Å². The summed E-state index contributed by atoms with van der Waals surface area (Å²) in [5, 5.41) is 7.45. The lowest BCUT2D eigenvalue weighted by molar-refractivity contribution is 0.253. The van der Waals surface area contributed by atoms with Gasteiger partial charge in [0.25, 0.3) is 0 Å². The van der Waals surface area contributed by atoms with Crippen molar-refractivity contribution in [1.29, 1.82) is 0 Å². The zero-order valence-electron chi connectivity index (χ0n) is 10.4. The summed E-state index contributed by atoms with van der Waals surface area (Å²) in [7, 11) is 0. The summed E-state index contributed by atoms with van der Waals surface area (Å²) < 4.78 is 5.28. The van der Waals surface area contributed by atoms with Gasteiger partial charge in [0, 0.05) is 19.5 Å². The van der Waals surface area contributed by atoms with E-state index in [9.17, 15) is 0 Å². The van der Waals surface area contributed by atoms with Crippen LogP contribution in [0.2, 0.25) is 0 Å². The van der Waals surface area contributed by atoms with Crippen molar-refractivity contribution in [3.8, 4) is 0 Å². The van der Waals surface area contributed by atoms with Gasteiger partial charge in [-0.3, -0.25) is 4.90 Å². The van der Waals surface area contributed by atoms with Gasteiger partial charge < -0.3 is 9.84 Å². The molecule has 0 radical (unpaired) electrons. The van der Waals surface area contributed by atoms with Crippen LogP contribution in [0.25, 0.3) is 0 Å². The van der Waals surface area contributed by atoms with Gasteiger partial charge in [-0.2, -0.15) is 4.98 Å². The Kier molecular flexibility index (Phi) is 3.11. The van der Waals surface area contributed by atoms with E-state index in [4.69, 9.17) is 4.52 Å². The Bertz CT molecular complexity index is 366. The lowest BCUT2D eigenvalue weighted by atomic mass is 10.0. The number of aromatic nitrogens is 2. The third-order valence-electron chi connectivity index (χ3n) is 3.81. The first-order chi connectivity index (χ1) is 8.35. The average Bonchev–Trinajstić information content (AvgIpc) is 2.95. The Balaban J connectivity index is 1.56. The Hall–Kier alpha value is -0.940. The van der Waals surface area contributed by atoms with Gasteiger partial charge in [0.05, 0.1) is 6.54 Å². The molecule has 0 saturated carbocycles. The molecule has 0 aliphatic carbocycles. The van der Waals surface area contributed by atoms with Crippen LogP contribution in [-0.2, 0) is 13.0 Å². The molecule has 5 heteroatoms. The van der Waals surface area contributed by atoms with Gasteiger partial charge in [-0.25, -0.2) is 0 Å². The summed E-state index contributed by atoms with van der Waals surface area (Å²) in [4.78, 5) is 6.87. The van der Waals surface area contributed by atoms with Gasteiger partial charge >= 0.3 is 0 Å². The number of hydrogen-bond donors (Lipinski definition) is 1. The number of rotatable bonds is 4. The lowest BCUT2D eigenvalue weighted by Gasteiger charge is -2.13. The van der Waals surface area contributed by atoms with Crippen molar-refractivity contribution in [1.82, 2.24) is 20.4 Å². The monoisotopic (exact) mass is 236 g/mol. The first kappa shape index (κ1) is 11.2. The smallest absolute Gasteiger partial charge is 0.240 e. The fraction of sp³-hybridized carbons (Fsp3) is 0.833. The lowest BCUT2D eigenvalue weighted by Crippen LogP contribution is -2.25. The normalized spacial score (nSPS) is 28.8. The molecule has 0 bridgehead atoms. The van der Waals surface area contributed by atoms with E-state index >= 15 is 0 Å². The number of likely N-dealkylation sites (tertiary alicyclic amines) is 1. The Morgan fingerprint density at radius 1 is 1.35 bits per heavy atom. The van der Waals surface area contributed by atoms with Crippen LogP contribution in [0.5, 0.6) is 0 Å². The molecule has 1 aromatic rings. The van der Waals surface area contributed by atoms with E-state index in [1.807, 2.05) is 0 Å². The Morgan fingerprint density at radius 2 is 2.12 bits per heavy atom. The van der Waals surface area contributed by atoms with Crippen LogP contribution >= 0.6 is 0 Å². The van der Waals surface area contributed by atoms with Crippen molar-refractivity contribution < 1.29 is 4.52 Å². The quantitative estimate of drug-likeness (QED) is 0.833. The van der Waals surface area contributed by atoms with Gasteiger partial charge in [-0.1, -0.05) is 12.1 Å². The zero-order chi connectivity index (χ0) is 11.7. The van der Waals surface area contributed by atoms with Gasteiger partial charge in [0.1, 0.15) is 0 Å². The number of nitrogens with zero attached hydrogens (tertiary/aromatic N) is 3. The van der Waals surface area contributed by atoms with Crippen molar-refractivity contribution in [3.05, 3.63) is 11.7 Å². The standard InChI is InChI=1S/C12H20N4O/c1-2-3-11-14-12(17-15-11)8-16-6-9-4-13-5-10(9)7-16/h9-10,13H,2-8H2,1H3/t9-,10+. The first-order valence-corrected chi connectivity index (χ1v) is 6.59. The van der Waals surface area contributed by atoms with E-state index in [-0.39, 0.29) is 0 Å². The second kappa shape index (κ2) is 4.74. The van der Waals surface area contributed by atoms with Crippen LogP contribution in [0, 0.1) is 11.8 Å². The van der Waals surface area contributed by atoms with E-state index in [2.05, 4.69) is 27.3 Å². The molecule has 94 valence electrons. The fourth-order valence-corrected chi connectivity index (χ4v) is 2.95. The second-order valence-corrected chi connectivity index (χ2v) is 5.23.